The van der Waals surface area contributed by atoms with Gasteiger partial charge in [-0.15, -0.1) is 0 Å². The van der Waals surface area contributed by atoms with Crippen LogP contribution in [-0.4, -0.2) is 29.8 Å². The van der Waals surface area contributed by atoms with Crippen molar-refractivity contribution in [1.82, 2.24) is 4.90 Å². The molecule has 32 heavy (non-hydrogen) atoms. The Kier molecular flexibility index (Phi) is 6.37. The molecule has 2 aromatic carbocycles. The fourth-order valence-electron chi connectivity index (χ4n) is 4.19. The van der Waals surface area contributed by atoms with E-state index >= 15 is 0 Å². The summed E-state index contributed by atoms with van der Waals surface area (Å²) in [5.74, 6) is -0.292. The van der Waals surface area contributed by atoms with Crippen LogP contribution in [0.2, 0.25) is 0 Å². The normalized spacial score (nSPS) is 12.7. The first kappa shape index (κ1) is 21.8. The lowest BCUT2D eigenvalue weighted by Crippen LogP contribution is -2.33. The van der Waals surface area contributed by atoms with Crippen molar-refractivity contribution in [2.45, 2.75) is 39.7 Å². The second-order valence-corrected chi connectivity index (χ2v) is 8.17. The molecule has 0 bridgehead atoms. The molecular formula is C25H27N3O4. The van der Waals surface area contributed by atoms with Gasteiger partial charge in [0.1, 0.15) is 5.58 Å². The van der Waals surface area contributed by atoms with E-state index in [2.05, 4.69) is 16.7 Å². The standard InChI is InChI=1S/C25H27N3O4/c1-3-28(15-24(30)27-21-9-7-20(8-10-21)26-16(2)29)14-19-13-25(31)32-23-12-18-6-4-5-17(18)11-22(19)23/h7-13H,3-6,14-15H2,1-2H3,(H,26,29)(H,27,30). The highest BCUT2D eigenvalue weighted by atomic mass is 16.4. The number of amides is 2. The molecule has 0 atom stereocenters. The fourth-order valence-corrected chi connectivity index (χ4v) is 4.19. The smallest absolute Gasteiger partial charge is 0.336 e. The van der Waals surface area contributed by atoms with E-state index in [1.165, 1.54) is 24.1 Å². The van der Waals surface area contributed by atoms with Gasteiger partial charge in [-0.3, -0.25) is 14.5 Å². The van der Waals surface area contributed by atoms with Gasteiger partial charge < -0.3 is 15.1 Å². The Morgan fingerprint density at radius 3 is 2.31 bits per heavy atom. The number of nitrogens with one attached hydrogen (secondary N) is 2. The molecule has 0 saturated heterocycles. The van der Waals surface area contributed by atoms with Crippen LogP contribution in [0.5, 0.6) is 0 Å². The van der Waals surface area contributed by atoms with Crippen LogP contribution in [0.1, 0.15) is 37.0 Å². The molecule has 166 valence electrons. The first-order chi connectivity index (χ1) is 15.4. The number of hydrogen-bond donors (Lipinski definition) is 2. The number of likely N-dealkylation sites (N-methyl/N-ethyl adjacent to an activating group) is 1. The van der Waals surface area contributed by atoms with Crippen LogP contribution in [0, 0.1) is 0 Å². The van der Waals surface area contributed by atoms with Crippen LogP contribution in [0.4, 0.5) is 11.4 Å². The van der Waals surface area contributed by atoms with Crippen molar-refractivity contribution >= 4 is 34.2 Å². The van der Waals surface area contributed by atoms with Crippen LogP contribution in [0.3, 0.4) is 0 Å². The lowest BCUT2D eigenvalue weighted by molar-refractivity contribution is -0.117. The Bertz CT molecular complexity index is 1210. The number of benzene rings is 2. The monoisotopic (exact) mass is 433 g/mol. The number of fused-ring (bicyclic) bond motifs is 2. The van der Waals surface area contributed by atoms with Gasteiger partial charge in [0, 0.05) is 36.3 Å². The molecule has 1 aromatic heterocycles. The minimum atomic E-state index is -0.370. The summed E-state index contributed by atoms with van der Waals surface area (Å²) in [6.07, 6.45) is 3.19. The second-order valence-electron chi connectivity index (χ2n) is 8.17. The highest BCUT2D eigenvalue weighted by Gasteiger charge is 2.17. The van der Waals surface area contributed by atoms with Crippen molar-refractivity contribution in [3.63, 3.8) is 0 Å². The van der Waals surface area contributed by atoms with Crippen LogP contribution in [0.15, 0.2) is 51.7 Å². The van der Waals surface area contributed by atoms with Gasteiger partial charge in [0.15, 0.2) is 0 Å². The van der Waals surface area contributed by atoms with E-state index in [1.807, 2.05) is 17.9 Å². The molecule has 0 spiro atoms. The summed E-state index contributed by atoms with van der Waals surface area (Å²) in [6, 6.07) is 12.6. The average molecular weight is 434 g/mol. The molecule has 0 fully saturated rings. The maximum absolute atomic E-state index is 12.6. The molecule has 4 rings (SSSR count). The molecule has 0 aliphatic heterocycles. The predicted octanol–water partition coefficient (Wildman–Crippen LogP) is 3.70. The number of aryl methyl sites for hydroxylation is 2. The van der Waals surface area contributed by atoms with Crippen molar-refractivity contribution in [3.8, 4) is 0 Å². The fraction of sp³-hybridized carbons (Fsp3) is 0.320. The average Bonchev–Trinajstić information content (AvgIpc) is 3.20. The van der Waals surface area contributed by atoms with Crippen LogP contribution in [-0.2, 0) is 29.0 Å². The van der Waals surface area contributed by atoms with Crippen molar-refractivity contribution in [2.24, 2.45) is 0 Å². The van der Waals surface area contributed by atoms with Gasteiger partial charge in [-0.05, 0) is 78.9 Å². The lowest BCUT2D eigenvalue weighted by Gasteiger charge is -2.21. The van der Waals surface area contributed by atoms with Crippen molar-refractivity contribution in [3.05, 3.63) is 69.6 Å². The highest BCUT2D eigenvalue weighted by molar-refractivity contribution is 5.93. The van der Waals surface area contributed by atoms with E-state index in [9.17, 15) is 14.4 Å². The van der Waals surface area contributed by atoms with E-state index in [0.29, 0.717) is 30.0 Å². The molecule has 1 aliphatic carbocycles. The Labute approximate surface area is 186 Å². The van der Waals surface area contributed by atoms with E-state index < -0.39 is 0 Å². The Morgan fingerprint density at radius 1 is 1.00 bits per heavy atom. The number of rotatable bonds is 7. The topological polar surface area (TPSA) is 91.7 Å². The Balaban J connectivity index is 1.46. The Morgan fingerprint density at radius 2 is 1.66 bits per heavy atom. The summed E-state index contributed by atoms with van der Waals surface area (Å²) in [6.45, 7) is 4.76. The minimum absolute atomic E-state index is 0.146. The second kappa shape index (κ2) is 9.36. The quantitative estimate of drug-likeness (QED) is 0.555. The van der Waals surface area contributed by atoms with Crippen LogP contribution < -0.4 is 16.3 Å². The van der Waals surface area contributed by atoms with Gasteiger partial charge in [0.2, 0.25) is 11.8 Å². The zero-order valence-corrected chi connectivity index (χ0v) is 18.4. The number of hydrogen-bond acceptors (Lipinski definition) is 5. The van der Waals surface area contributed by atoms with E-state index in [4.69, 9.17) is 4.42 Å². The summed E-state index contributed by atoms with van der Waals surface area (Å²) >= 11 is 0. The number of carbonyl (C=O) groups is 2. The number of nitrogens with zero attached hydrogens (tertiary/aromatic N) is 1. The van der Waals surface area contributed by atoms with Gasteiger partial charge in [0.25, 0.3) is 0 Å². The van der Waals surface area contributed by atoms with Crippen molar-refractivity contribution < 1.29 is 14.0 Å². The minimum Gasteiger partial charge on any atom is -0.423 e. The molecular weight excluding hydrogens is 406 g/mol. The molecule has 0 radical (unpaired) electrons. The molecule has 7 nitrogen and oxygen atoms in total. The molecule has 2 amide bonds. The molecule has 7 heteroatoms. The Hall–Kier alpha value is -3.45. The van der Waals surface area contributed by atoms with E-state index in [0.717, 1.165) is 30.2 Å². The SMILES string of the molecule is CCN(CC(=O)Nc1ccc(NC(C)=O)cc1)Cc1cc(=O)oc2cc3c(cc12)CCC3. The third-order valence-electron chi connectivity index (χ3n) is 5.74. The number of carbonyl (C=O) groups excluding carboxylic acids is 2. The zero-order valence-electron chi connectivity index (χ0n) is 18.4. The van der Waals surface area contributed by atoms with Crippen LogP contribution >= 0.6 is 0 Å². The first-order valence-electron chi connectivity index (χ1n) is 10.9. The summed E-state index contributed by atoms with van der Waals surface area (Å²) in [5.41, 5.74) is 5.03. The predicted molar refractivity (Wildman–Crippen MR) is 125 cm³/mol. The maximum Gasteiger partial charge on any atom is 0.336 e. The van der Waals surface area contributed by atoms with E-state index in [-0.39, 0.29) is 24.0 Å². The molecule has 3 aromatic rings. The molecule has 1 heterocycles. The summed E-state index contributed by atoms with van der Waals surface area (Å²) in [4.78, 5) is 37.9. The van der Waals surface area contributed by atoms with Gasteiger partial charge >= 0.3 is 5.63 Å². The summed E-state index contributed by atoms with van der Waals surface area (Å²) in [5, 5.41) is 6.52. The molecule has 1 aliphatic rings. The van der Waals surface area contributed by atoms with Gasteiger partial charge in [-0.1, -0.05) is 6.92 Å². The van der Waals surface area contributed by atoms with Crippen molar-refractivity contribution in [1.29, 1.82) is 0 Å². The van der Waals surface area contributed by atoms with Gasteiger partial charge in [-0.2, -0.15) is 0 Å². The zero-order chi connectivity index (χ0) is 22.7. The first-order valence-corrected chi connectivity index (χ1v) is 10.9. The largest absolute Gasteiger partial charge is 0.423 e. The molecule has 0 saturated carbocycles. The number of anilines is 2. The third kappa shape index (κ3) is 5.06. The van der Waals surface area contributed by atoms with Gasteiger partial charge in [0.05, 0.1) is 6.54 Å². The lowest BCUT2D eigenvalue weighted by atomic mass is 10.0. The summed E-state index contributed by atoms with van der Waals surface area (Å²) in [7, 11) is 0. The van der Waals surface area contributed by atoms with Gasteiger partial charge in [-0.25, -0.2) is 4.79 Å². The summed E-state index contributed by atoms with van der Waals surface area (Å²) < 4.78 is 5.46. The van der Waals surface area contributed by atoms with Crippen molar-refractivity contribution in [2.75, 3.05) is 23.7 Å². The molecule has 0 unspecified atom stereocenters. The maximum atomic E-state index is 12.6. The van der Waals surface area contributed by atoms with E-state index in [1.54, 1.807) is 24.3 Å². The third-order valence-corrected chi connectivity index (χ3v) is 5.74. The highest BCUT2D eigenvalue weighted by Crippen LogP contribution is 2.29. The molecule has 2 N–H and O–H groups in total. The van der Waals surface area contributed by atoms with Crippen LogP contribution in [0.25, 0.3) is 11.0 Å².